The fraction of sp³-hybridized carbons (Fsp3) is 0.308. The third-order valence-electron chi connectivity index (χ3n) is 2.54. The second-order valence-corrected chi connectivity index (χ2v) is 3.76. The summed E-state index contributed by atoms with van der Waals surface area (Å²) >= 11 is 0. The first-order valence-corrected chi connectivity index (χ1v) is 5.39. The highest BCUT2D eigenvalue weighted by Crippen LogP contribution is 2.22. The monoisotopic (exact) mass is 201 g/mol. The number of hydrogen-bond donors (Lipinski definition) is 1. The molecule has 1 aromatic heterocycles. The lowest BCUT2D eigenvalue weighted by Gasteiger charge is -2.03. The van der Waals surface area contributed by atoms with Crippen LogP contribution in [-0.4, -0.2) is 10.1 Å². The van der Waals surface area contributed by atoms with Gasteiger partial charge in [-0.2, -0.15) is 0 Å². The first-order chi connectivity index (χ1) is 7.31. The molecule has 2 aromatic rings. The third kappa shape index (κ3) is 2.09. The van der Waals surface area contributed by atoms with Crippen LogP contribution in [0.5, 0.6) is 5.75 Å². The first kappa shape index (κ1) is 9.97. The van der Waals surface area contributed by atoms with Crippen LogP contribution >= 0.6 is 0 Å². The summed E-state index contributed by atoms with van der Waals surface area (Å²) < 4.78 is 0. The van der Waals surface area contributed by atoms with E-state index in [1.807, 2.05) is 24.3 Å². The number of pyridine rings is 1. The number of phenolic OH excluding ortho intramolecular Hbond substituents is 1. The molecule has 2 heteroatoms. The van der Waals surface area contributed by atoms with Gasteiger partial charge in [0.15, 0.2) is 0 Å². The Bertz CT molecular complexity index is 465. The first-order valence-electron chi connectivity index (χ1n) is 5.39. The highest BCUT2D eigenvalue weighted by atomic mass is 16.3. The number of phenols is 1. The van der Waals surface area contributed by atoms with E-state index in [-0.39, 0.29) is 5.75 Å². The van der Waals surface area contributed by atoms with Gasteiger partial charge in [-0.3, -0.25) is 0 Å². The normalized spacial score (nSPS) is 10.7. The average Bonchev–Trinajstić information content (AvgIpc) is 2.27. The van der Waals surface area contributed by atoms with Crippen molar-refractivity contribution in [3.05, 3.63) is 36.0 Å². The summed E-state index contributed by atoms with van der Waals surface area (Å²) in [7, 11) is 0. The van der Waals surface area contributed by atoms with Crippen LogP contribution in [0.1, 0.15) is 25.5 Å². The summed E-state index contributed by atoms with van der Waals surface area (Å²) in [5.74, 6) is 0.269. The second-order valence-electron chi connectivity index (χ2n) is 3.76. The molecule has 0 saturated heterocycles. The Morgan fingerprint density at radius 2 is 2.07 bits per heavy atom. The smallest absolute Gasteiger partial charge is 0.141 e. The summed E-state index contributed by atoms with van der Waals surface area (Å²) in [6, 6.07) is 9.54. The molecule has 0 saturated carbocycles. The molecule has 1 heterocycles. The standard InChI is InChI=1S/C13H15NO/c1-2-3-6-11-9-8-10-5-4-7-12(15)13(10)14-11/h4-5,7-9,15H,2-3,6H2,1H3. The van der Waals surface area contributed by atoms with Crippen LogP contribution in [0.4, 0.5) is 0 Å². The van der Waals surface area contributed by atoms with Crippen molar-refractivity contribution in [3.63, 3.8) is 0 Å². The van der Waals surface area contributed by atoms with Crippen molar-refractivity contribution in [1.29, 1.82) is 0 Å². The summed E-state index contributed by atoms with van der Waals surface area (Å²) in [5.41, 5.74) is 1.77. The lowest BCUT2D eigenvalue weighted by atomic mass is 10.1. The van der Waals surface area contributed by atoms with Gasteiger partial charge in [-0.15, -0.1) is 0 Å². The number of aromatic nitrogens is 1. The second kappa shape index (κ2) is 4.30. The molecule has 0 aliphatic rings. The number of rotatable bonds is 3. The molecule has 0 radical (unpaired) electrons. The molecule has 0 spiro atoms. The van der Waals surface area contributed by atoms with E-state index >= 15 is 0 Å². The largest absolute Gasteiger partial charge is 0.506 e. The molecule has 0 aliphatic heterocycles. The van der Waals surface area contributed by atoms with Crippen LogP contribution in [0.25, 0.3) is 10.9 Å². The maximum atomic E-state index is 9.66. The fourth-order valence-corrected chi connectivity index (χ4v) is 1.67. The summed E-state index contributed by atoms with van der Waals surface area (Å²) in [4.78, 5) is 4.46. The van der Waals surface area contributed by atoms with Gasteiger partial charge in [-0.25, -0.2) is 4.98 Å². The molecule has 2 rings (SSSR count). The number of para-hydroxylation sites is 1. The lowest BCUT2D eigenvalue weighted by molar-refractivity contribution is 0.480. The predicted molar refractivity (Wildman–Crippen MR) is 62.0 cm³/mol. The zero-order chi connectivity index (χ0) is 10.7. The van der Waals surface area contributed by atoms with E-state index in [1.54, 1.807) is 6.07 Å². The van der Waals surface area contributed by atoms with Crippen LogP contribution < -0.4 is 0 Å². The van der Waals surface area contributed by atoms with Gasteiger partial charge in [0.05, 0.1) is 0 Å². The Morgan fingerprint density at radius 3 is 2.87 bits per heavy atom. The van der Waals surface area contributed by atoms with Crippen molar-refractivity contribution in [2.45, 2.75) is 26.2 Å². The van der Waals surface area contributed by atoms with Gasteiger partial charge < -0.3 is 5.11 Å². The molecule has 0 unspecified atom stereocenters. The number of nitrogens with zero attached hydrogens (tertiary/aromatic N) is 1. The molecule has 0 bridgehead atoms. The number of fused-ring (bicyclic) bond motifs is 1. The van der Waals surface area contributed by atoms with Gasteiger partial charge in [0.1, 0.15) is 11.3 Å². The van der Waals surface area contributed by atoms with Crippen molar-refractivity contribution in [1.82, 2.24) is 4.98 Å². The van der Waals surface area contributed by atoms with E-state index < -0.39 is 0 Å². The number of aromatic hydroxyl groups is 1. The molecular weight excluding hydrogens is 186 g/mol. The Balaban J connectivity index is 2.41. The molecule has 0 aliphatic carbocycles. The highest BCUT2D eigenvalue weighted by molar-refractivity contribution is 5.84. The van der Waals surface area contributed by atoms with Crippen molar-refractivity contribution >= 4 is 10.9 Å². The Kier molecular flexibility index (Phi) is 2.86. The maximum Gasteiger partial charge on any atom is 0.141 e. The summed E-state index contributed by atoms with van der Waals surface area (Å²) in [6.45, 7) is 2.17. The van der Waals surface area contributed by atoms with Crippen molar-refractivity contribution < 1.29 is 5.11 Å². The van der Waals surface area contributed by atoms with E-state index in [1.165, 1.54) is 6.42 Å². The molecule has 1 aromatic carbocycles. The highest BCUT2D eigenvalue weighted by Gasteiger charge is 2.01. The Hall–Kier alpha value is -1.57. The topological polar surface area (TPSA) is 33.1 Å². The number of benzene rings is 1. The van der Waals surface area contributed by atoms with E-state index in [4.69, 9.17) is 0 Å². The minimum absolute atomic E-state index is 0.269. The van der Waals surface area contributed by atoms with Crippen LogP contribution in [-0.2, 0) is 6.42 Å². The Morgan fingerprint density at radius 1 is 1.20 bits per heavy atom. The number of hydrogen-bond acceptors (Lipinski definition) is 2. The van der Waals surface area contributed by atoms with Crippen LogP contribution in [0, 0.1) is 0 Å². The number of unbranched alkanes of at least 4 members (excludes halogenated alkanes) is 1. The van der Waals surface area contributed by atoms with E-state index in [2.05, 4.69) is 11.9 Å². The van der Waals surface area contributed by atoms with Crippen LogP contribution in [0.15, 0.2) is 30.3 Å². The van der Waals surface area contributed by atoms with Crippen molar-refractivity contribution in [2.75, 3.05) is 0 Å². The summed E-state index contributed by atoms with van der Waals surface area (Å²) in [6.07, 6.45) is 3.30. The minimum atomic E-state index is 0.269. The zero-order valence-corrected chi connectivity index (χ0v) is 8.90. The molecule has 15 heavy (non-hydrogen) atoms. The molecule has 78 valence electrons. The zero-order valence-electron chi connectivity index (χ0n) is 8.90. The van der Waals surface area contributed by atoms with E-state index in [9.17, 15) is 5.11 Å². The third-order valence-corrected chi connectivity index (χ3v) is 2.54. The van der Waals surface area contributed by atoms with E-state index in [0.717, 1.165) is 23.9 Å². The van der Waals surface area contributed by atoms with Crippen LogP contribution in [0.3, 0.4) is 0 Å². The Labute approximate surface area is 89.6 Å². The quantitative estimate of drug-likeness (QED) is 0.826. The molecular formula is C13H15NO. The fourth-order valence-electron chi connectivity index (χ4n) is 1.67. The van der Waals surface area contributed by atoms with Gasteiger partial charge in [0, 0.05) is 11.1 Å². The maximum absolute atomic E-state index is 9.66. The van der Waals surface area contributed by atoms with Crippen molar-refractivity contribution in [2.24, 2.45) is 0 Å². The molecule has 2 nitrogen and oxygen atoms in total. The summed E-state index contributed by atoms with van der Waals surface area (Å²) in [5, 5.41) is 10.7. The lowest BCUT2D eigenvalue weighted by Crippen LogP contribution is -1.90. The van der Waals surface area contributed by atoms with E-state index in [0.29, 0.717) is 5.52 Å². The molecule has 0 fully saturated rings. The van der Waals surface area contributed by atoms with Gasteiger partial charge in [0.25, 0.3) is 0 Å². The molecule has 1 N–H and O–H groups in total. The molecule has 0 amide bonds. The average molecular weight is 201 g/mol. The minimum Gasteiger partial charge on any atom is -0.506 e. The van der Waals surface area contributed by atoms with Gasteiger partial charge in [-0.1, -0.05) is 31.5 Å². The van der Waals surface area contributed by atoms with Crippen molar-refractivity contribution in [3.8, 4) is 5.75 Å². The molecule has 0 atom stereocenters. The number of aryl methyl sites for hydroxylation is 1. The van der Waals surface area contributed by atoms with Crippen LogP contribution in [0.2, 0.25) is 0 Å². The van der Waals surface area contributed by atoms with Gasteiger partial charge in [-0.05, 0) is 25.0 Å². The predicted octanol–water partition coefficient (Wildman–Crippen LogP) is 3.28. The van der Waals surface area contributed by atoms with Gasteiger partial charge >= 0.3 is 0 Å². The van der Waals surface area contributed by atoms with Gasteiger partial charge in [0.2, 0.25) is 0 Å². The SMILES string of the molecule is CCCCc1ccc2cccc(O)c2n1.